The number of aromatic nitrogens is 1. The number of hydrogen-bond acceptors (Lipinski definition) is 4. The van der Waals surface area contributed by atoms with Crippen LogP contribution in [0.5, 0.6) is 0 Å². The summed E-state index contributed by atoms with van der Waals surface area (Å²) in [6.07, 6.45) is 1.21. The van der Waals surface area contributed by atoms with Gasteiger partial charge in [0.1, 0.15) is 5.82 Å². The van der Waals surface area contributed by atoms with Crippen molar-refractivity contribution in [3.63, 3.8) is 0 Å². The molecule has 1 aromatic rings. The highest BCUT2D eigenvalue weighted by atomic mass is 32.2. The highest BCUT2D eigenvalue weighted by molar-refractivity contribution is 7.85. The number of rotatable bonds is 1. The highest BCUT2D eigenvalue weighted by Gasteiger charge is 2.08. The zero-order valence-electron chi connectivity index (χ0n) is 5.43. The predicted octanol–water partition coefficient (Wildman–Crippen LogP) is -0.0895. The molecule has 0 aliphatic rings. The third-order valence-corrected chi connectivity index (χ3v) is 1.90. The Morgan fingerprint density at radius 1 is 1.55 bits per heavy atom. The Morgan fingerprint density at radius 2 is 2.18 bits per heavy atom. The minimum absolute atomic E-state index is 0.0557. The van der Waals surface area contributed by atoms with Gasteiger partial charge in [-0.15, -0.1) is 0 Å². The summed E-state index contributed by atoms with van der Waals surface area (Å²) in [5.74, 6) is 0.0557. The maximum Gasteiger partial charge on any atom is 0.294 e. The van der Waals surface area contributed by atoms with Gasteiger partial charge in [0.05, 0.1) is 4.90 Å². The second kappa shape index (κ2) is 2.48. The standard InChI is InChI=1S/C5H6N2O3S/c6-5-3-4(1-2-7-5)11(8,9)10/h1-3H,(H2,6,7)(H,8,9,10). The number of nitrogens with two attached hydrogens (primary N) is 1. The van der Waals surface area contributed by atoms with Crippen LogP contribution in [0.4, 0.5) is 5.82 Å². The summed E-state index contributed by atoms with van der Waals surface area (Å²) in [7, 11) is -4.15. The normalized spacial score (nSPS) is 11.4. The molecule has 0 saturated heterocycles. The second-order valence-corrected chi connectivity index (χ2v) is 3.31. The van der Waals surface area contributed by atoms with E-state index in [1.165, 1.54) is 6.20 Å². The Hall–Kier alpha value is -1.14. The molecule has 0 aliphatic carbocycles. The molecule has 0 spiro atoms. The van der Waals surface area contributed by atoms with Gasteiger partial charge in [-0.2, -0.15) is 8.42 Å². The van der Waals surface area contributed by atoms with Gasteiger partial charge >= 0.3 is 0 Å². The van der Waals surface area contributed by atoms with Gasteiger partial charge in [-0.3, -0.25) is 4.55 Å². The van der Waals surface area contributed by atoms with E-state index < -0.39 is 10.1 Å². The molecule has 0 aromatic carbocycles. The molecule has 0 saturated carbocycles. The molecule has 5 nitrogen and oxygen atoms in total. The molecule has 0 bridgehead atoms. The molecular formula is C5H6N2O3S. The Kier molecular flexibility index (Phi) is 1.79. The average Bonchev–Trinajstić information content (AvgIpc) is 1.86. The van der Waals surface area contributed by atoms with Crippen LogP contribution in [0.3, 0.4) is 0 Å². The van der Waals surface area contributed by atoms with Crippen molar-refractivity contribution in [3.05, 3.63) is 18.3 Å². The van der Waals surface area contributed by atoms with E-state index in [0.29, 0.717) is 0 Å². The summed E-state index contributed by atoms with van der Waals surface area (Å²) in [5.41, 5.74) is 5.17. The van der Waals surface area contributed by atoms with Gasteiger partial charge in [-0.05, 0) is 6.07 Å². The van der Waals surface area contributed by atoms with Crippen molar-refractivity contribution in [2.24, 2.45) is 0 Å². The van der Waals surface area contributed by atoms with Gasteiger partial charge in [0.2, 0.25) is 0 Å². The topological polar surface area (TPSA) is 93.3 Å². The predicted molar refractivity (Wildman–Crippen MR) is 38.5 cm³/mol. The number of pyridine rings is 1. The fourth-order valence-electron chi connectivity index (χ4n) is 0.588. The smallest absolute Gasteiger partial charge is 0.294 e. The quantitative estimate of drug-likeness (QED) is 0.580. The number of nitrogens with zero attached hydrogens (tertiary/aromatic N) is 1. The molecule has 1 rings (SSSR count). The summed E-state index contributed by atoms with van der Waals surface area (Å²) in [4.78, 5) is 3.31. The monoisotopic (exact) mass is 174 g/mol. The molecule has 3 N–H and O–H groups in total. The maximum atomic E-state index is 10.5. The van der Waals surface area contributed by atoms with E-state index in [4.69, 9.17) is 10.3 Å². The molecule has 1 heterocycles. The third kappa shape index (κ3) is 1.89. The molecular weight excluding hydrogens is 168 g/mol. The van der Waals surface area contributed by atoms with Crippen LogP contribution >= 0.6 is 0 Å². The van der Waals surface area contributed by atoms with Crippen molar-refractivity contribution < 1.29 is 13.0 Å². The first-order valence-electron chi connectivity index (χ1n) is 2.69. The summed E-state index contributed by atoms with van der Waals surface area (Å²) in [6.45, 7) is 0. The van der Waals surface area contributed by atoms with Crippen LogP contribution in [0.25, 0.3) is 0 Å². The van der Waals surface area contributed by atoms with Crippen LogP contribution in [0.1, 0.15) is 0 Å². The minimum Gasteiger partial charge on any atom is -0.384 e. The highest BCUT2D eigenvalue weighted by Crippen LogP contribution is 2.08. The molecule has 0 amide bonds. The summed E-state index contributed by atoms with van der Waals surface area (Å²) in [5, 5.41) is 0. The Labute approximate surface area is 63.6 Å². The Bertz CT molecular complexity index is 360. The SMILES string of the molecule is Nc1cc(S(=O)(=O)O)ccn1. The van der Waals surface area contributed by atoms with Crippen molar-refractivity contribution in [2.45, 2.75) is 4.90 Å². The summed E-state index contributed by atoms with van der Waals surface area (Å²) in [6, 6.07) is 2.24. The van der Waals surface area contributed by atoms with Gasteiger partial charge in [-0.25, -0.2) is 4.98 Å². The lowest BCUT2D eigenvalue weighted by molar-refractivity contribution is 0.483. The minimum atomic E-state index is -4.15. The van der Waals surface area contributed by atoms with Crippen molar-refractivity contribution in [3.8, 4) is 0 Å². The number of hydrogen-bond donors (Lipinski definition) is 2. The van der Waals surface area contributed by atoms with Crippen LogP contribution < -0.4 is 5.73 Å². The average molecular weight is 174 g/mol. The first-order valence-corrected chi connectivity index (χ1v) is 4.13. The third-order valence-electron chi connectivity index (χ3n) is 1.05. The van der Waals surface area contributed by atoms with Gasteiger partial charge in [0, 0.05) is 12.3 Å². The molecule has 11 heavy (non-hydrogen) atoms. The molecule has 0 unspecified atom stereocenters. The van der Waals surface area contributed by atoms with Gasteiger partial charge in [0.25, 0.3) is 10.1 Å². The fourth-order valence-corrected chi connectivity index (χ4v) is 1.09. The van der Waals surface area contributed by atoms with Crippen LogP contribution in [0.2, 0.25) is 0 Å². The van der Waals surface area contributed by atoms with E-state index in [9.17, 15) is 8.42 Å². The van der Waals surface area contributed by atoms with E-state index in [-0.39, 0.29) is 10.7 Å². The van der Waals surface area contributed by atoms with Crippen LogP contribution in [0.15, 0.2) is 23.2 Å². The largest absolute Gasteiger partial charge is 0.384 e. The van der Waals surface area contributed by atoms with Crippen LogP contribution in [-0.4, -0.2) is 18.0 Å². The van der Waals surface area contributed by atoms with Crippen molar-refractivity contribution in [2.75, 3.05) is 5.73 Å². The molecule has 1 aromatic heterocycles. The van der Waals surface area contributed by atoms with E-state index in [1.807, 2.05) is 0 Å². The Balaban J connectivity index is 3.28. The summed E-state index contributed by atoms with van der Waals surface area (Å²) >= 11 is 0. The number of anilines is 1. The molecule has 0 radical (unpaired) electrons. The van der Waals surface area contributed by atoms with E-state index in [0.717, 1.165) is 12.1 Å². The molecule has 0 atom stereocenters. The summed E-state index contributed by atoms with van der Waals surface area (Å²) < 4.78 is 29.4. The van der Waals surface area contributed by atoms with Gasteiger partial charge < -0.3 is 5.73 Å². The zero-order valence-corrected chi connectivity index (χ0v) is 6.25. The van der Waals surface area contributed by atoms with Gasteiger partial charge in [-0.1, -0.05) is 0 Å². The van der Waals surface area contributed by atoms with E-state index >= 15 is 0 Å². The lowest BCUT2D eigenvalue weighted by atomic mass is 10.5. The number of nitrogen functional groups attached to an aromatic ring is 1. The maximum absolute atomic E-state index is 10.5. The lowest BCUT2D eigenvalue weighted by Gasteiger charge is -1.95. The fraction of sp³-hybridized carbons (Fsp3) is 0. The van der Waals surface area contributed by atoms with Crippen molar-refractivity contribution >= 4 is 15.9 Å². The van der Waals surface area contributed by atoms with E-state index in [1.54, 1.807) is 0 Å². The Morgan fingerprint density at radius 3 is 2.55 bits per heavy atom. The van der Waals surface area contributed by atoms with Gasteiger partial charge in [0.15, 0.2) is 0 Å². The van der Waals surface area contributed by atoms with Crippen LogP contribution in [-0.2, 0) is 10.1 Å². The first-order chi connectivity index (χ1) is 5.00. The zero-order chi connectivity index (χ0) is 8.48. The first kappa shape index (κ1) is 7.96. The van der Waals surface area contributed by atoms with E-state index in [2.05, 4.69) is 4.98 Å². The molecule has 60 valence electrons. The van der Waals surface area contributed by atoms with Crippen molar-refractivity contribution in [1.82, 2.24) is 4.98 Å². The molecule has 0 aliphatic heterocycles. The van der Waals surface area contributed by atoms with Crippen LogP contribution in [0, 0.1) is 0 Å². The van der Waals surface area contributed by atoms with Crippen molar-refractivity contribution in [1.29, 1.82) is 0 Å². The molecule has 6 heteroatoms. The second-order valence-electron chi connectivity index (χ2n) is 1.89. The lowest BCUT2D eigenvalue weighted by Crippen LogP contribution is -1.99. The molecule has 0 fully saturated rings.